The number of likely N-dealkylation sites (N-methyl/N-ethyl adjacent to an activating group) is 1. The summed E-state index contributed by atoms with van der Waals surface area (Å²) in [5.74, 6) is 0.221. The minimum atomic E-state index is 0.221. The van der Waals surface area contributed by atoms with Crippen molar-refractivity contribution in [3.8, 4) is 0 Å². The molecular formula is C19H24N2O. The summed E-state index contributed by atoms with van der Waals surface area (Å²) in [5, 5.41) is 0. The van der Waals surface area contributed by atoms with Crippen molar-refractivity contribution in [2.45, 2.75) is 44.2 Å². The van der Waals surface area contributed by atoms with Gasteiger partial charge in [-0.15, -0.1) is 0 Å². The summed E-state index contributed by atoms with van der Waals surface area (Å²) < 4.78 is 0. The van der Waals surface area contributed by atoms with Crippen molar-refractivity contribution in [1.82, 2.24) is 9.80 Å². The van der Waals surface area contributed by atoms with Crippen molar-refractivity contribution < 1.29 is 4.79 Å². The van der Waals surface area contributed by atoms with Gasteiger partial charge in [0.1, 0.15) is 0 Å². The first kappa shape index (κ1) is 14.0. The molecule has 2 fully saturated rings. The van der Waals surface area contributed by atoms with Crippen LogP contribution in [0.2, 0.25) is 0 Å². The van der Waals surface area contributed by atoms with Gasteiger partial charge in [0.25, 0.3) is 5.91 Å². The van der Waals surface area contributed by atoms with Crippen LogP contribution in [0.1, 0.15) is 47.2 Å². The molecule has 3 heteroatoms. The first-order valence-electron chi connectivity index (χ1n) is 8.53. The van der Waals surface area contributed by atoms with Gasteiger partial charge in [-0.1, -0.05) is 18.2 Å². The lowest BCUT2D eigenvalue weighted by Gasteiger charge is -2.26. The first-order chi connectivity index (χ1) is 10.7. The molecule has 0 aromatic heterocycles. The van der Waals surface area contributed by atoms with E-state index in [4.69, 9.17) is 0 Å². The molecule has 3 aliphatic rings. The maximum atomic E-state index is 12.9. The third kappa shape index (κ3) is 2.38. The van der Waals surface area contributed by atoms with Crippen molar-refractivity contribution >= 4 is 12.0 Å². The molecule has 2 heterocycles. The lowest BCUT2D eigenvalue weighted by atomic mass is 9.95. The highest BCUT2D eigenvalue weighted by Gasteiger charge is 2.36. The molecule has 1 aromatic rings. The zero-order valence-corrected chi connectivity index (χ0v) is 13.3. The Morgan fingerprint density at radius 2 is 2.05 bits per heavy atom. The molecule has 116 valence electrons. The van der Waals surface area contributed by atoms with Gasteiger partial charge in [-0.2, -0.15) is 0 Å². The molecule has 2 unspecified atom stereocenters. The standard InChI is InChI=1S/C19H24N2O/c1-20-17-8-9-18(20)13-21(11-10-17)19(22)16-7-6-14-4-2-3-5-15(14)12-16/h2,4,6-7,12,17-18H,3,5,8-11,13H2,1H3. The number of fused-ring (bicyclic) bond motifs is 3. The summed E-state index contributed by atoms with van der Waals surface area (Å²) in [6.07, 6.45) is 10.2. The molecule has 0 radical (unpaired) electrons. The van der Waals surface area contributed by atoms with Crippen LogP contribution in [0.3, 0.4) is 0 Å². The van der Waals surface area contributed by atoms with Crippen molar-refractivity contribution in [1.29, 1.82) is 0 Å². The molecule has 22 heavy (non-hydrogen) atoms. The topological polar surface area (TPSA) is 23.6 Å². The van der Waals surface area contributed by atoms with Crippen molar-refractivity contribution in [2.24, 2.45) is 0 Å². The van der Waals surface area contributed by atoms with E-state index in [1.54, 1.807) is 0 Å². The highest BCUT2D eigenvalue weighted by molar-refractivity contribution is 5.95. The summed E-state index contributed by atoms with van der Waals surface area (Å²) >= 11 is 0. The molecule has 0 spiro atoms. The van der Waals surface area contributed by atoms with Crippen LogP contribution in [-0.2, 0) is 6.42 Å². The number of carbonyl (C=O) groups excluding carboxylic acids is 1. The van der Waals surface area contributed by atoms with Gasteiger partial charge in [-0.25, -0.2) is 0 Å². The molecule has 2 bridgehead atoms. The molecule has 3 nitrogen and oxygen atoms in total. The Hall–Kier alpha value is -1.61. The highest BCUT2D eigenvalue weighted by atomic mass is 16.2. The van der Waals surface area contributed by atoms with Crippen LogP contribution in [0.15, 0.2) is 24.3 Å². The Labute approximate surface area is 132 Å². The van der Waals surface area contributed by atoms with E-state index in [-0.39, 0.29) is 5.91 Å². The predicted octanol–water partition coefficient (Wildman–Crippen LogP) is 2.95. The number of rotatable bonds is 1. The van der Waals surface area contributed by atoms with Crippen molar-refractivity contribution in [2.75, 3.05) is 20.1 Å². The van der Waals surface area contributed by atoms with Crippen LogP contribution in [0, 0.1) is 0 Å². The number of likely N-dealkylation sites (tertiary alicyclic amines) is 1. The fraction of sp³-hybridized carbons (Fsp3) is 0.526. The van der Waals surface area contributed by atoms with Gasteiger partial charge in [-0.3, -0.25) is 9.69 Å². The minimum absolute atomic E-state index is 0.221. The van der Waals surface area contributed by atoms with E-state index in [0.29, 0.717) is 12.1 Å². The lowest BCUT2D eigenvalue weighted by Crippen LogP contribution is -2.39. The molecule has 0 saturated carbocycles. The van der Waals surface area contributed by atoms with Gasteiger partial charge in [0.2, 0.25) is 0 Å². The Bertz CT molecular complexity index is 622. The van der Waals surface area contributed by atoms with Gasteiger partial charge in [0.05, 0.1) is 0 Å². The van der Waals surface area contributed by atoms with E-state index in [2.05, 4.69) is 41.1 Å². The molecule has 4 rings (SSSR count). The maximum absolute atomic E-state index is 12.9. The average molecular weight is 296 g/mol. The first-order valence-corrected chi connectivity index (χ1v) is 8.53. The summed E-state index contributed by atoms with van der Waals surface area (Å²) in [7, 11) is 2.22. The normalized spacial score (nSPS) is 27.6. The Kier molecular flexibility index (Phi) is 3.53. The summed E-state index contributed by atoms with van der Waals surface area (Å²) in [6.45, 7) is 1.80. The molecule has 2 aliphatic heterocycles. The van der Waals surface area contributed by atoms with Gasteiger partial charge in [0, 0.05) is 30.7 Å². The van der Waals surface area contributed by atoms with Gasteiger partial charge in [0.15, 0.2) is 0 Å². The molecular weight excluding hydrogens is 272 g/mol. The monoisotopic (exact) mass is 296 g/mol. The zero-order chi connectivity index (χ0) is 15.1. The summed E-state index contributed by atoms with van der Waals surface area (Å²) in [5.41, 5.74) is 3.47. The third-order valence-electron chi connectivity index (χ3n) is 5.70. The lowest BCUT2D eigenvalue weighted by molar-refractivity contribution is 0.0740. The molecule has 2 atom stereocenters. The van der Waals surface area contributed by atoms with Crippen LogP contribution < -0.4 is 0 Å². The fourth-order valence-electron chi connectivity index (χ4n) is 4.24. The smallest absolute Gasteiger partial charge is 0.253 e. The van der Waals surface area contributed by atoms with Crippen molar-refractivity contribution in [3.05, 3.63) is 41.0 Å². The Morgan fingerprint density at radius 1 is 1.18 bits per heavy atom. The largest absolute Gasteiger partial charge is 0.337 e. The van der Waals surface area contributed by atoms with Gasteiger partial charge >= 0.3 is 0 Å². The maximum Gasteiger partial charge on any atom is 0.253 e. The van der Waals surface area contributed by atoms with Crippen LogP contribution in [0.5, 0.6) is 0 Å². The van der Waals surface area contributed by atoms with Gasteiger partial charge in [-0.05, 0) is 62.4 Å². The van der Waals surface area contributed by atoms with Crippen molar-refractivity contribution in [3.63, 3.8) is 0 Å². The molecule has 1 aliphatic carbocycles. The Balaban J connectivity index is 1.55. The van der Waals surface area contributed by atoms with Crippen LogP contribution in [0.4, 0.5) is 0 Å². The fourth-order valence-corrected chi connectivity index (χ4v) is 4.24. The summed E-state index contributed by atoms with van der Waals surface area (Å²) in [6, 6.07) is 7.46. The van der Waals surface area contributed by atoms with Gasteiger partial charge < -0.3 is 4.90 Å². The minimum Gasteiger partial charge on any atom is -0.337 e. The quantitative estimate of drug-likeness (QED) is 0.795. The predicted molar refractivity (Wildman–Crippen MR) is 88.9 cm³/mol. The zero-order valence-electron chi connectivity index (χ0n) is 13.3. The third-order valence-corrected chi connectivity index (χ3v) is 5.70. The second kappa shape index (κ2) is 5.54. The molecule has 0 N–H and O–H groups in total. The second-order valence-corrected chi connectivity index (χ2v) is 6.94. The number of benzene rings is 1. The number of hydrogen-bond acceptors (Lipinski definition) is 2. The van der Waals surface area contributed by atoms with Crippen LogP contribution >= 0.6 is 0 Å². The summed E-state index contributed by atoms with van der Waals surface area (Å²) in [4.78, 5) is 17.5. The molecule has 1 amide bonds. The highest BCUT2D eigenvalue weighted by Crippen LogP contribution is 2.29. The van der Waals surface area contributed by atoms with E-state index in [9.17, 15) is 4.79 Å². The molecule has 1 aromatic carbocycles. The number of aryl methyl sites for hydroxylation is 1. The SMILES string of the molecule is CN1C2CCC1CN(C(=O)c1ccc3c(c1)CCC=C3)CC2. The van der Waals surface area contributed by atoms with E-state index in [0.717, 1.165) is 37.9 Å². The molecule has 2 saturated heterocycles. The van der Waals surface area contributed by atoms with E-state index >= 15 is 0 Å². The number of allylic oxidation sites excluding steroid dienone is 1. The average Bonchev–Trinajstić information content (AvgIpc) is 2.79. The number of carbonyl (C=O) groups is 1. The van der Waals surface area contributed by atoms with Crippen LogP contribution in [-0.4, -0.2) is 47.9 Å². The van der Waals surface area contributed by atoms with E-state index in [1.165, 1.54) is 24.0 Å². The number of amides is 1. The Morgan fingerprint density at radius 3 is 2.95 bits per heavy atom. The van der Waals surface area contributed by atoms with E-state index < -0.39 is 0 Å². The van der Waals surface area contributed by atoms with Crippen LogP contribution in [0.25, 0.3) is 6.08 Å². The van der Waals surface area contributed by atoms with E-state index in [1.807, 2.05) is 6.07 Å². The number of hydrogen-bond donors (Lipinski definition) is 0. The number of nitrogens with zero attached hydrogens (tertiary/aromatic N) is 2. The second-order valence-electron chi connectivity index (χ2n) is 6.94.